The van der Waals surface area contributed by atoms with E-state index in [0.717, 1.165) is 16.9 Å². The maximum atomic E-state index is 11.9. The molecule has 0 fully saturated rings. The van der Waals surface area contributed by atoms with Gasteiger partial charge in [0.15, 0.2) is 5.11 Å². The molecule has 0 aliphatic carbocycles. The van der Waals surface area contributed by atoms with Crippen LogP contribution in [0.3, 0.4) is 0 Å². The molecule has 0 bridgehead atoms. The minimum absolute atomic E-state index is 0.0181. The van der Waals surface area contributed by atoms with E-state index in [0.29, 0.717) is 5.11 Å². The largest absolute Gasteiger partial charge is 0.497 e. The fourth-order valence-electron chi connectivity index (χ4n) is 2.10. The van der Waals surface area contributed by atoms with Gasteiger partial charge in [0.25, 0.3) is 0 Å². The molecule has 0 aromatic heterocycles. The lowest BCUT2D eigenvalue weighted by Gasteiger charge is -2.16. The summed E-state index contributed by atoms with van der Waals surface area (Å²) in [6.07, 6.45) is 3.17. The summed E-state index contributed by atoms with van der Waals surface area (Å²) in [6.45, 7) is 1.99. The molecular weight excluding hydrogens is 320 g/mol. The van der Waals surface area contributed by atoms with Crippen molar-refractivity contribution in [1.29, 1.82) is 0 Å². The van der Waals surface area contributed by atoms with Gasteiger partial charge < -0.3 is 10.1 Å². The zero-order chi connectivity index (χ0) is 17.4. The lowest BCUT2D eigenvalue weighted by atomic mass is 10.1. The van der Waals surface area contributed by atoms with Crippen molar-refractivity contribution < 1.29 is 9.53 Å². The van der Waals surface area contributed by atoms with Crippen molar-refractivity contribution in [2.45, 2.75) is 13.0 Å². The molecule has 1 unspecified atom stereocenters. The molecule has 2 rings (SSSR count). The van der Waals surface area contributed by atoms with Gasteiger partial charge >= 0.3 is 0 Å². The monoisotopic (exact) mass is 340 g/mol. The van der Waals surface area contributed by atoms with Crippen LogP contribution < -0.4 is 15.4 Å². The minimum Gasteiger partial charge on any atom is -0.497 e. The second-order valence-electron chi connectivity index (χ2n) is 5.20. The van der Waals surface area contributed by atoms with Gasteiger partial charge in [-0.15, -0.1) is 0 Å². The first-order valence-electron chi connectivity index (χ1n) is 7.57. The first-order chi connectivity index (χ1) is 11.6. The van der Waals surface area contributed by atoms with Gasteiger partial charge in [0, 0.05) is 6.08 Å². The van der Waals surface area contributed by atoms with Crippen LogP contribution >= 0.6 is 12.2 Å². The Morgan fingerprint density at radius 3 is 2.42 bits per heavy atom. The number of nitrogens with one attached hydrogen (secondary N) is 2. The number of hydrogen-bond acceptors (Lipinski definition) is 3. The third-order valence-corrected chi connectivity index (χ3v) is 3.65. The van der Waals surface area contributed by atoms with Crippen LogP contribution in [0.15, 0.2) is 60.7 Å². The van der Waals surface area contributed by atoms with Crippen molar-refractivity contribution in [3.05, 3.63) is 71.8 Å². The summed E-state index contributed by atoms with van der Waals surface area (Å²) in [5.74, 6) is 0.500. The van der Waals surface area contributed by atoms with Gasteiger partial charge in [-0.2, -0.15) is 0 Å². The second-order valence-corrected chi connectivity index (χ2v) is 5.61. The molecule has 0 radical (unpaired) electrons. The van der Waals surface area contributed by atoms with Crippen LogP contribution in [0.1, 0.15) is 24.1 Å². The third kappa shape index (κ3) is 5.52. The molecule has 2 aromatic rings. The molecule has 124 valence electrons. The Balaban J connectivity index is 1.84. The third-order valence-electron chi connectivity index (χ3n) is 3.43. The number of methoxy groups -OCH3 is 1. The van der Waals surface area contributed by atoms with E-state index in [9.17, 15) is 4.79 Å². The van der Waals surface area contributed by atoms with Crippen LogP contribution in [-0.4, -0.2) is 18.1 Å². The van der Waals surface area contributed by atoms with Crippen molar-refractivity contribution in [3.8, 4) is 5.75 Å². The van der Waals surface area contributed by atoms with E-state index in [2.05, 4.69) is 10.6 Å². The van der Waals surface area contributed by atoms with Crippen molar-refractivity contribution in [1.82, 2.24) is 10.6 Å². The van der Waals surface area contributed by atoms with Crippen LogP contribution in [0.4, 0.5) is 0 Å². The molecule has 0 heterocycles. The number of benzene rings is 2. The van der Waals surface area contributed by atoms with Crippen LogP contribution in [0, 0.1) is 0 Å². The summed E-state index contributed by atoms with van der Waals surface area (Å²) >= 11 is 5.18. The van der Waals surface area contributed by atoms with Gasteiger partial charge in [-0.05, 0) is 48.5 Å². The lowest BCUT2D eigenvalue weighted by molar-refractivity contribution is -0.115. The topological polar surface area (TPSA) is 50.4 Å². The number of ether oxygens (including phenoxy) is 1. The number of thiocarbonyl (C=S) groups is 1. The van der Waals surface area contributed by atoms with Crippen molar-refractivity contribution >= 4 is 29.3 Å². The molecule has 2 aromatic carbocycles. The number of amides is 1. The summed E-state index contributed by atoms with van der Waals surface area (Å²) in [4.78, 5) is 11.9. The van der Waals surface area contributed by atoms with E-state index in [1.807, 2.05) is 61.5 Å². The molecule has 1 amide bonds. The Morgan fingerprint density at radius 1 is 1.12 bits per heavy atom. The van der Waals surface area contributed by atoms with E-state index in [4.69, 9.17) is 17.0 Å². The number of rotatable bonds is 5. The van der Waals surface area contributed by atoms with Crippen molar-refractivity contribution in [2.75, 3.05) is 7.11 Å². The van der Waals surface area contributed by atoms with Gasteiger partial charge in [0.2, 0.25) is 5.91 Å². The van der Waals surface area contributed by atoms with Gasteiger partial charge in [0.05, 0.1) is 13.2 Å². The van der Waals surface area contributed by atoms with Crippen LogP contribution in [-0.2, 0) is 4.79 Å². The smallest absolute Gasteiger partial charge is 0.250 e. The average molecular weight is 340 g/mol. The summed E-state index contributed by atoms with van der Waals surface area (Å²) in [5.41, 5.74) is 2.00. The molecule has 2 N–H and O–H groups in total. The zero-order valence-corrected chi connectivity index (χ0v) is 14.5. The Morgan fingerprint density at radius 2 is 1.79 bits per heavy atom. The Hall–Kier alpha value is -2.66. The van der Waals surface area contributed by atoms with E-state index in [-0.39, 0.29) is 11.9 Å². The summed E-state index contributed by atoms with van der Waals surface area (Å²) in [6, 6.07) is 17.3. The van der Waals surface area contributed by atoms with Gasteiger partial charge in [0.1, 0.15) is 5.75 Å². The summed E-state index contributed by atoms with van der Waals surface area (Å²) in [5, 5.41) is 6.03. The molecule has 1 atom stereocenters. The van der Waals surface area contributed by atoms with Crippen molar-refractivity contribution in [2.24, 2.45) is 0 Å². The van der Waals surface area contributed by atoms with Crippen molar-refractivity contribution in [3.63, 3.8) is 0 Å². The maximum Gasteiger partial charge on any atom is 0.250 e. The van der Waals surface area contributed by atoms with E-state index >= 15 is 0 Å². The Labute approximate surface area is 147 Å². The molecule has 0 spiro atoms. The first kappa shape index (κ1) is 17.7. The fourth-order valence-corrected chi connectivity index (χ4v) is 2.38. The SMILES string of the molecule is COc1ccc(/C=C/C(=O)NC(=S)NC(C)c2ccccc2)cc1. The molecule has 0 saturated heterocycles. The minimum atomic E-state index is -0.274. The van der Waals surface area contributed by atoms with E-state index in [1.54, 1.807) is 13.2 Å². The highest BCUT2D eigenvalue weighted by molar-refractivity contribution is 7.80. The number of hydrogen-bond donors (Lipinski definition) is 2. The predicted molar refractivity (Wildman–Crippen MR) is 101 cm³/mol. The molecule has 4 nitrogen and oxygen atoms in total. The molecule has 0 aliphatic heterocycles. The Bertz CT molecular complexity index is 712. The molecular formula is C19H20N2O2S. The quantitative estimate of drug-likeness (QED) is 0.646. The maximum absolute atomic E-state index is 11.9. The molecule has 0 saturated carbocycles. The van der Waals surface area contributed by atoms with Gasteiger partial charge in [-0.3, -0.25) is 10.1 Å². The van der Waals surface area contributed by atoms with Crippen LogP contribution in [0.25, 0.3) is 6.08 Å². The number of carbonyl (C=O) groups excluding carboxylic acids is 1. The van der Waals surface area contributed by atoms with Gasteiger partial charge in [-0.25, -0.2) is 0 Å². The molecule has 24 heavy (non-hydrogen) atoms. The van der Waals surface area contributed by atoms with Gasteiger partial charge in [-0.1, -0.05) is 42.5 Å². The first-order valence-corrected chi connectivity index (χ1v) is 7.98. The molecule has 5 heteroatoms. The van der Waals surface area contributed by atoms with Crippen LogP contribution in [0.2, 0.25) is 0 Å². The standard InChI is InChI=1S/C19H20N2O2S/c1-14(16-6-4-3-5-7-16)20-19(24)21-18(22)13-10-15-8-11-17(23-2)12-9-15/h3-14H,1-2H3,(H2,20,21,22,24)/b13-10+. The fraction of sp³-hybridized carbons (Fsp3) is 0.158. The van der Waals surface area contributed by atoms with Crippen LogP contribution in [0.5, 0.6) is 5.75 Å². The van der Waals surface area contributed by atoms with E-state index in [1.165, 1.54) is 6.08 Å². The predicted octanol–water partition coefficient (Wildman–Crippen LogP) is 3.46. The summed E-state index contributed by atoms with van der Waals surface area (Å²) in [7, 11) is 1.61. The zero-order valence-electron chi connectivity index (χ0n) is 13.7. The second kappa shape index (κ2) is 8.84. The van der Waals surface area contributed by atoms with E-state index < -0.39 is 0 Å². The highest BCUT2D eigenvalue weighted by Crippen LogP contribution is 2.12. The molecule has 0 aliphatic rings. The lowest BCUT2D eigenvalue weighted by Crippen LogP contribution is -2.39. The average Bonchev–Trinajstić information content (AvgIpc) is 2.61. The summed E-state index contributed by atoms with van der Waals surface area (Å²) < 4.78 is 5.09. The Kier molecular flexibility index (Phi) is 6.51. The highest BCUT2D eigenvalue weighted by atomic mass is 32.1. The normalized spacial score (nSPS) is 11.8. The number of carbonyl (C=O) groups is 1. The highest BCUT2D eigenvalue weighted by Gasteiger charge is 2.07.